The largest absolute Gasteiger partial charge is 0.280 e. The Kier molecular flexibility index (Phi) is 3.47. The van der Waals surface area contributed by atoms with E-state index in [0.29, 0.717) is 15.4 Å². The van der Waals surface area contributed by atoms with Gasteiger partial charge >= 0.3 is 0 Å². The molecular formula is C10H4Br2ClF2N. The lowest BCUT2D eigenvalue weighted by atomic mass is 10.2. The van der Waals surface area contributed by atoms with Gasteiger partial charge in [0.05, 0.1) is 10.5 Å². The van der Waals surface area contributed by atoms with Crippen LogP contribution < -0.4 is 0 Å². The SMILES string of the molecule is FC(F)c1cc(Cl)c2cc(Br)cc(Br)c2n1. The molecular weight excluding hydrogens is 367 g/mol. The van der Waals surface area contributed by atoms with E-state index in [1.54, 1.807) is 12.1 Å². The van der Waals surface area contributed by atoms with Crippen molar-refractivity contribution in [3.05, 3.63) is 37.9 Å². The van der Waals surface area contributed by atoms with Crippen LogP contribution in [0.5, 0.6) is 0 Å². The summed E-state index contributed by atoms with van der Waals surface area (Å²) in [4.78, 5) is 3.87. The first-order chi connectivity index (χ1) is 7.49. The molecule has 84 valence electrons. The molecule has 0 aliphatic heterocycles. The number of nitrogens with zero attached hydrogens (tertiary/aromatic N) is 1. The van der Waals surface area contributed by atoms with Crippen molar-refractivity contribution in [1.29, 1.82) is 0 Å². The van der Waals surface area contributed by atoms with Gasteiger partial charge in [0, 0.05) is 14.3 Å². The molecule has 0 radical (unpaired) electrons. The van der Waals surface area contributed by atoms with Crippen LogP contribution in [0.4, 0.5) is 8.78 Å². The highest BCUT2D eigenvalue weighted by atomic mass is 79.9. The summed E-state index contributed by atoms with van der Waals surface area (Å²) in [5.74, 6) is 0. The fraction of sp³-hybridized carbons (Fsp3) is 0.100. The Balaban J connectivity index is 2.82. The molecule has 2 rings (SSSR count). The molecule has 1 heterocycles. The summed E-state index contributed by atoms with van der Waals surface area (Å²) in [5.41, 5.74) is 0.117. The molecule has 0 fully saturated rings. The van der Waals surface area contributed by atoms with Gasteiger partial charge in [0.1, 0.15) is 5.69 Å². The Labute approximate surface area is 112 Å². The van der Waals surface area contributed by atoms with Gasteiger partial charge in [-0.2, -0.15) is 0 Å². The topological polar surface area (TPSA) is 12.9 Å². The van der Waals surface area contributed by atoms with E-state index >= 15 is 0 Å². The van der Waals surface area contributed by atoms with E-state index in [9.17, 15) is 8.78 Å². The molecule has 1 aromatic heterocycles. The highest BCUT2D eigenvalue weighted by Gasteiger charge is 2.14. The first-order valence-corrected chi connectivity index (χ1v) is 6.19. The number of hydrogen-bond acceptors (Lipinski definition) is 1. The summed E-state index contributed by atoms with van der Waals surface area (Å²) >= 11 is 12.5. The molecule has 0 N–H and O–H groups in total. The van der Waals surface area contributed by atoms with Gasteiger partial charge in [-0.25, -0.2) is 13.8 Å². The molecule has 0 bridgehead atoms. The third-order valence-corrected chi connectivity index (χ3v) is 3.40. The first kappa shape index (κ1) is 12.2. The van der Waals surface area contributed by atoms with Crippen LogP contribution in [-0.4, -0.2) is 4.98 Å². The zero-order valence-corrected chi connectivity index (χ0v) is 11.6. The summed E-state index contributed by atoms with van der Waals surface area (Å²) in [5, 5.41) is 0.898. The van der Waals surface area contributed by atoms with Crippen LogP contribution in [0.25, 0.3) is 10.9 Å². The lowest BCUT2D eigenvalue weighted by Gasteiger charge is -2.06. The average Bonchev–Trinajstić information content (AvgIpc) is 2.19. The molecule has 0 spiro atoms. The van der Waals surface area contributed by atoms with Crippen molar-refractivity contribution in [2.45, 2.75) is 6.43 Å². The Bertz CT molecular complexity index is 560. The molecule has 0 saturated heterocycles. The van der Waals surface area contributed by atoms with Gasteiger partial charge in [-0.1, -0.05) is 27.5 Å². The Morgan fingerprint density at radius 2 is 1.88 bits per heavy atom. The second kappa shape index (κ2) is 4.55. The molecule has 0 amide bonds. The third-order valence-electron chi connectivity index (χ3n) is 2.02. The maximum absolute atomic E-state index is 12.5. The van der Waals surface area contributed by atoms with Crippen LogP contribution in [0.2, 0.25) is 5.02 Å². The van der Waals surface area contributed by atoms with Gasteiger partial charge in [0.15, 0.2) is 0 Å². The van der Waals surface area contributed by atoms with Crippen molar-refractivity contribution in [2.75, 3.05) is 0 Å². The first-order valence-electron chi connectivity index (χ1n) is 4.22. The van der Waals surface area contributed by atoms with E-state index in [-0.39, 0.29) is 10.7 Å². The molecule has 16 heavy (non-hydrogen) atoms. The van der Waals surface area contributed by atoms with Crippen molar-refractivity contribution in [3.8, 4) is 0 Å². The fourth-order valence-corrected chi connectivity index (χ4v) is 2.91. The number of fused-ring (bicyclic) bond motifs is 1. The number of benzene rings is 1. The van der Waals surface area contributed by atoms with Crippen molar-refractivity contribution >= 4 is 54.4 Å². The number of rotatable bonds is 1. The fourth-order valence-electron chi connectivity index (χ4n) is 1.34. The van der Waals surface area contributed by atoms with Crippen molar-refractivity contribution in [1.82, 2.24) is 4.98 Å². The summed E-state index contributed by atoms with van der Waals surface area (Å²) < 4.78 is 26.5. The van der Waals surface area contributed by atoms with Crippen LogP contribution in [-0.2, 0) is 0 Å². The number of aromatic nitrogens is 1. The maximum atomic E-state index is 12.5. The average molecular weight is 371 g/mol. The quantitative estimate of drug-likeness (QED) is 0.658. The monoisotopic (exact) mass is 369 g/mol. The van der Waals surface area contributed by atoms with E-state index in [1.165, 1.54) is 6.07 Å². The van der Waals surface area contributed by atoms with Gasteiger partial charge in [0.25, 0.3) is 6.43 Å². The van der Waals surface area contributed by atoms with Crippen LogP contribution in [0.3, 0.4) is 0 Å². The zero-order valence-electron chi connectivity index (χ0n) is 7.65. The van der Waals surface area contributed by atoms with Crippen LogP contribution in [0.1, 0.15) is 12.1 Å². The second-order valence-corrected chi connectivity index (χ2v) is 5.29. The summed E-state index contributed by atoms with van der Waals surface area (Å²) in [6.45, 7) is 0. The van der Waals surface area contributed by atoms with Gasteiger partial charge in [0.2, 0.25) is 0 Å². The highest BCUT2D eigenvalue weighted by Crippen LogP contribution is 2.33. The van der Waals surface area contributed by atoms with E-state index in [0.717, 1.165) is 4.47 Å². The smallest absolute Gasteiger partial charge is 0.246 e. The van der Waals surface area contributed by atoms with Gasteiger partial charge in [-0.05, 0) is 34.1 Å². The molecule has 0 saturated carbocycles. The van der Waals surface area contributed by atoms with Crippen LogP contribution >= 0.6 is 43.5 Å². The Morgan fingerprint density at radius 1 is 1.19 bits per heavy atom. The van der Waals surface area contributed by atoms with Gasteiger partial charge in [-0.15, -0.1) is 0 Å². The molecule has 0 aliphatic rings. The van der Waals surface area contributed by atoms with Gasteiger partial charge in [-0.3, -0.25) is 0 Å². The maximum Gasteiger partial charge on any atom is 0.280 e. The molecule has 0 aliphatic carbocycles. The predicted octanol–water partition coefficient (Wildman–Crippen LogP) is 5.35. The minimum Gasteiger partial charge on any atom is -0.246 e. The Morgan fingerprint density at radius 3 is 2.50 bits per heavy atom. The molecule has 1 nitrogen and oxygen atoms in total. The van der Waals surface area contributed by atoms with Gasteiger partial charge < -0.3 is 0 Å². The second-order valence-electron chi connectivity index (χ2n) is 3.11. The highest BCUT2D eigenvalue weighted by molar-refractivity contribution is 9.11. The molecule has 0 atom stereocenters. The molecule has 0 unspecified atom stereocenters. The molecule has 6 heteroatoms. The van der Waals surface area contributed by atoms with Crippen molar-refractivity contribution in [3.63, 3.8) is 0 Å². The number of alkyl halides is 2. The lowest BCUT2D eigenvalue weighted by Crippen LogP contribution is -1.92. The summed E-state index contributed by atoms with van der Waals surface area (Å²) in [6, 6.07) is 4.67. The van der Waals surface area contributed by atoms with Crippen LogP contribution in [0.15, 0.2) is 27.1 Å². The van der Waals surface area contributed by atoms with E-state index in [2.05, 4.69) is 36.8 Å². The predicted molar refractivity (Wildman–Crippen MR) is 67.1 cm³/mol. The number of halogens is 5. The van der Waals surface area contributed by atoms with Crippen molar-refractivity contribution < 1.29 is 8.78 Å². The number of hydrogen-bond donors (Lipinski definition) is 0. The van der Waals surface area contributed by atoms with E-state index in [4.69, 9.17) is 11.6 Å². The molecule has 1 aromatic carbocycles. The van der Waals surface area contributed by atoms with Crippen molar-refractivity contribution in [2.24, 2.45) is 0 Å². The normalized spacial score (nSPS) is 11.4. The van der Waals surface area contributed by atoms with E-state index in [1.807, 2.05) is 0 Å². The minimum atomic E-state index is -2.63. The third kappa shape index (κ3) is 2.21. The molecule has 2 aromatic rings. The summed E-state index contributed by atoms with van der Waals surface area (Å²) in [6.07, 6.45) is -2.63. The number of pyridine rings is 1. The standard InChI is InChI=1S/C10H4Br2ClF2N/c11-4-1-5-7(13)3-8(10(14)15)16-9(5)6(12)2-4/h1-3,10H. The lowest BCUT2D eigenvalue weighted by molar-refractivity contribution is 0.146. The van der Waals surface area contributed by atoms with Crippen LogP contribution in [0, 0.1) is 0 Å². The zero-order chi connectivity index (χ0) is 11.9. The minimum absolute atomic E-state index is 0.266. The Hall–Kier alpha value is -0.260. The summed E-state index contributed by atoms with van der Waals surface area (Å²) in [7, 11) is 0. The van der Waals surface area contributed by atoms with E-state index < -0.39 is 6.43 Å².